The molecule has 0 aromatic rings. The highest BCUT2D eigenvalue weighted by Crippen LogP contribution is 2.43. The number of phosphoric acid groups is 1. The fourth-order valence-corrected chi connectivity index (χ4v) is 9.12. The highest BCUT2D eigenvalue weighted by Gasteiger charge is 2.28. The van der Waals surface area contributed by atoms with Crippen LogP contribution in [0.5, 0.6) is 0 Å². The Bertz CT molecular complexity index is 1760. The van der Waals surface area contributed by atoms with Gasteiger partial charge in [-0.2, -0.15) is 0 Å². The second kappa shape index (κ2) is 61.2. The molecule has 0 radical (unpaired) electrons. The standard InChI is InChI=1S/C68H115O11P/c1-4-7-10-13-16-19-22-25-28-31-32-35-38-41-44-47-50-53-56-59-68(72)79-65(61-75-66(70)57-54-51-48-45-42-39-36-33-29-26-23-20-17-14-11-8-5-2)63-77-80(73,74)76-62-64(60-69)78-67(71)58-55-52-49-46-43-40-37-34-30-27-24-21-18-15-12-9-6-3/h8,11,16-21,25-30,36,39,45,48,64-65,69H,4-7,9-10,12-15,22-24,31-35,37-38,40-44,46-47,49-63H2,1-3H3,(H,73,74)/b11-8-,19-16-,20-17-,21-18-,28-25-,29-26-,30-27-,39-36-,48-45-. The zero-order valence-electron chi connectivity index (χ0n) is 50.8. The van der Waals surface area contributed by atoms with Crippen LogP contribution in [-0.4, -0.2) is 66.5 Å². The number of carbonyl (C=O) groups excluding carboxylic acids is 3. The van der Waals surface area contributed by atoms with Crippen LogP contribution >= 0.6 is 7.82 Å². The molecule has 0 saturated heterocycles. The number of hydrogen-bond donors (Lipinski definition) is 2. The summed E-state index contributed by atoms with van der Waals surface area (Å²) in [6, 6.07) is 0. The van der Waals surface area contributed by atoms with E-state index in [1.165, 1.54) is 89.9 Å². The molecule has 458 valence electrons. The summed E-state index contributed by atoms with van der Waals surface area (Å²) in [5.74, 6) is -1.55. The number of esters is 3. The zero-order valence-corrected chi connectivity index (χ0v) is 51.7. The molecule has 0 saturated carbocycles. The van der Waals surface area contributed by atoms with Gasteiger partial charge in [-0.3, -0.25) is 23.4 Å². The Morgan fingerprint density at radius 1 is 0.362 bits per heavy atom. The van der Waals surface area contributed by atoms with Crippen molar-refractivity contribution in [3.05, 3.63) is 109 Å². The molecule has 0 bridgehead atoms. The van der Waals surface area contributed by atoms with Gasteiger partial charge in [0.15, 0.2) is 6.10 Å². The molecule has 0 fully saturated rings. The largest absolute Gasteiger partial charge is 0.472 e. The molecule has 3 atom stereocenters. The SMILES string of the molecule is CC/C=C\C/C=C\C/C=C\C/C=C\C/C=C\CCCC(=O)OCC(COP(=O)(O)OCC(CO)OC(=O)CCCCCCCCC/C=C\C/C=C\CCCCC)OC(=O)CCCCCCCCCCC/C=C\C/C=C\CCCCC. The first kappa shape index (κ1) is 76.1. The normalized spacial score (nSPS) is 14.0. The Morgan fingerprint density at radius 3 is 1.04 bits per heavy atom. The average molecular weight is 1140 g/mol. The summed E-state index contributed by atoms with van der Waals surface area (Å²) >= 11 is 0. The highest BCUT2D eigenvalue weighted by atomic mass is 31.2. The molecule has 0 aliphatic heterocycles. The molecule has 2 N–H and O–H groups in total. The molecule has 0 heterocycles. The Balaban J connectivity index is 4.79. The predicted molar refractivity (Wildman–Crippen MR) is 334 cm³/mol. The molecular weight excluding hydrogens is 1020 g/mol. The van der Waals surface area contributed by atoms with Crippen molar-refractivity contribution < 1.29 is 52.2 Å². The first-order chi connectivity index (χ1) is 39.2. The second-order valence-corrected chi connectivity index (χ2v) is 22.3. The van der Waals surface area contributed by atoms with E-state index in [1.54, 1.807) is 0 Å². The van der Waals surface area contributed by atoms with Gasteiger partial charge < -0.3 is 24.2 Å². The van der Waals surface area contributed by atoms with Gasteiger partial charge in [0.1, 0.15) is 12.7 Å². The molecule has 3 unspecified atom stereocenters. The first-order valence-corrected chi connectivity index (χ1v) is 33.3. The maximum atomic E-state index is 13.0. The molecule has 80 heavy (non-hydrogen) atoms. The smallest absolute Gasteiger partial charge is 0.462 e. The van der Waals surface area contributed by atoms with Crippen LogP contribution in [0.15, 0.2) is 109 Å². The molecule has 0 aliphatic rings. The Hall–Kier alpha value is -3.86. The summed E-state index contributed by atoms with van der Waals surface area (Å²) in [5.41, 5.74) is 0. The van der Waals surface area contributed by atoms with Gasteiger partial charge in [-0.1, -0.05) is 233 Å². The van der Waals surface area contributed by atoms with Gasteiger partial charge in [0.2, 0.25) is 0 Å². The molecule has 0 aromatic carbocycles. The fraction of sp³-hybridized carbons (Fsp3) is 0.691. The van der Waals surface area contributed by atoms with Crippen molar-refractivity contribution in [1.29, 1.82) is 0 Å². The third-order valence-electron chi connectivity index (χ3n) is 13.1. The van der Waals surface area contributed by atoms with Crippen molar-refractivity contribution in [3.63, 3.8) is 0 Å². The van der Waals surface area contributed by atoms with Crippen molar-refractivity contribution in [2.24, 2.45) is 0 Å². The zero-order chi connectivity index (χ0) is 58.3. The summed E-state index contributed by atoms with van der Waals surface area (Å²) in [5, 5.41) is 9.85. The topological polar surface area (TPSA) is 155 Å². The minimum Gasteiger partial charge on any atom is -0.462 e. The number of carbonyl (C=O) groups is 3. The summed E-state index contributed by atoms with van der Waals surface area (Å²) in [6.07, 6.45) is 74.7. The molecule has 0 aromatic heterocycles. The molecule has 0 rings (SSSR count). The quantitative estimate of drug-likeness (QED) is 0.0197. The lowest BCUT2D eigenvalue weighted by molar-refractivity contribution is -0.161. The number of rotatable bonds is 58. The van der Waals surface area contributed by atoms with E-state index in [-0.39, 0.29) is 25.9 Å². The van der Waals surface area contributed by atoms with E-state index in [0.717, 1.165) is 109 Å². The van der Waals surface area contributed by atoms with Crippen LogP contribution in [-0.2, 0) is 42.2 Å². The highest BCUT2D eigenvalue weighted by molar-refractivity contribution is 7.47. The molecule has 0 spiro atoms. The summed E-state index contributed by atoms with van der Waals surface area (Å²) < 4.78 is 39.6. The lowest BCUT2D eigenvalue weighted by atomic mass is 10.1. The Morgan fingerprint density at radius 2 is 0.662 bits per heavy atom. The monoisotopic (exact) mass is 1140 g/mol. The number of ether oxygens (including phenoxy) is 3. The minimum absolute atomic E-state index is 0.143. The average Bonchev–Trinajstić information content (AvgIpc) is 3.45. The first-order valence-electron chi connectivity index (χ1n) is 31.8. The number of hydrogen-bond acceptors (Lipinski definition) is 10. The van der Waals surface area contributed by atoms with Gasteiger partial charge >= 0.3 is 25.7 Å². The van der Waals surface area contributed by atoms with Crippen molar-refractivity contribution >= 4 is 25.7 Å². The number of aliphatic hydroxyl groups is 1. The van der Waals surface area contributed by atoms with Crippen LogP contribution in [0, 0.1) is 0 Å². The Kier molecular flexibility index (Phi) is 58.3. The van der Waals surface area contributed by atoms with Crippen LogP contribution in [0.3, 0.4) is 0 Å². The summed E-state index contributed by atoms with van der Waals surface area (Å²) in [6.45, 7) is 4.42. The predicted octanol–water partition coefficient (Wildman–Crippen LogP) is 19.4. The lowest BCUT2D eigenvalue weighted by Gasteiger charge is -2.21. The molecular formula is C68H115O11P. The molecule has 12 heteroatoms. The molecule has 11 nitrogen and oxygen atoms in total. The van der Waals surface area contributed by atoms with Crippen LogP contribution in [0.1, 0.15) is 265 Å². The Labute approximate surface area is 488 Å². The van der Waals surface area contributed by atoms with Gasteiger partial charge in [0.05, 0.1) is 19.8 Å². The van der Waals surface area contributed by atoms with Crippen LogP contribution in [0.2, 0.25) is 0 Å². The summed E-state index contributed by atoms with van der Waals surface area (Å²) in [7, 11) is -4.77. The number of unbranched alkanes of at least 4 members (excludes halogenated alkanes) is 23. The lowest BCUT2D eigenvalue weighted by Crippen LogP contribution is -2.30. The van der Waals surface area contributed by atoms with Crippen LogP contribution in [0.25, 0.3) is 0 Å². The van der Waals surface area contributed by atoms with E-state index in [9.17, 15) is 28.9 Å². The summed E-state index contributed by atoms with van der Waals surface area (Å²) in [4.78, 5) is 48.7. The van der Waals surface area contributed by atoms with E-state index in [0.29, 0.717) is 25.7 Å². The molecule has 0 aliphatic carbocycles. The third-order valence-corrected chi connectivity index (χ3v) is 14.1. The van der Waals surface area contributed by atoms with Crippen molar-refractivity contribution in [2.45, 2.75) is 277 Å². The maximum Gasteiger partial charge on any atom is 0.472 e. The maximum absolute atomic E-state index is 13.0. The van der Waals surface area contributed by atoms with Gasteiger partial charge in [0, 0.05) is 19.3 Å². The second-order valence-electron chi connectivity index (χ2n) is 20.8. The number of aliphatic hydroxyl groups excluding tert-OH is 1. The van der Waals surface area contributed by atoms with E-state index in [2.05, 4.69) is 124 Å². The van der Waals surface area contributed by atoms with Crippen molar-refractivity contribution in [3.8, 4) is 0 Å². The van der Waals surface area contributed by atoms with Gasteiger partial charge in [-0.05, 0) is 122 Å². The van der Waals surface area contributed by atoms with Crippen LogP contribution < -0.4 is 0 Å². The van der Waals surface area contributed by atoms with Crippen LogP contribution in [0.4, 0.5) is 0 Å². The number of phosphoric ester groups is 1. The van der Waals surface area contributed by atoms with Crippen molar-refractivity contribution in [2.75, 3.05) is 26.4 Å². The minimum atomic E-state index is -4.77. The molecule has 0 amide bonds. The van der Waals surface area contributed by atoms with Gasteiger partial charge in [-0.25, -0.2) is 4.57 Å². The van der Waals surface area contributed by atoms with E-state index >= 15 is 0 Å². The number of allylic oxidation sites excluding steroid dienone is 18. The van der Waals surface area contributed by atoms with E-state index in [4.69, 9.17) is 23.3 Å². The van der Waals surface area contributed by atoms with Gasteiger partial charge in [-0.15, -0.1) is 0 Å². The van der Waals surface area contributed by atoms with E-state index in [1.807, 2.05) is 6.08 Å². The van der Waals surface area contributed by atoms with Crippen molar-refractivity contribution in [1.82, 2.24) is 0 Å². The van der Waals surface area contributed by atoms with E-state index < -0.39 is 57.8 Å². The third kappa shape index (κ3) is 58.8. The van der Waals surface area contributed by atoms with Gasteiger partial charge in [0.25, 0.3) is 0 Å². The fourth-order valence-electron chi connectivity index (χ4n) is 8.33.